The first-order valence-corrected chi connectivity index (χ1v) is 9.80. The Morgan fingerprint density at radius 2 is 1.82 bits per heavy atom. The van der Waals surface area contributed by atoms with Gasteiger partial charge in [-0.1, -0.05) is 6.07 Å². The number of hydrogen-bond donors (Lipinski definition) is 3. The molecule has 2 aromatic carbocycles. The van der Waals surface area contributed by atoms with E-state index >= 15 is 0 Å². The molecule has 2 amide bonds. The number of fused-ring (bicyclic) bond motifs is 1. The molecule has 12 heteroatoms. The minimum absolute atomic E-state index is 0.0542. The van der Waals surface area contributed by atoms with E-state index in [1.54, 1.807) is 12.1 Å². The minimum Gasteiger partial charge on any atom is -0.480 e. The van der Waals surface area contributed by atoms with Gasteiger partial charge in [0.15, 0.2) is 0 Å². The summed E-state index contributed by atoms with van der Waals surface area (Å²) in [6, 6.07) is 11.5. The number of rotatable bonds is 6. The predicted molar refractivity (Wildman–Crippen MR) is 117 cm³/mol. The predicted octanol–water partition coefficient (Wildman–Crippen LogP) is 3.53. The van der Waals surface area contributed by atoms with E-state index in [2.05, 4.69) is 10.3 Å². The molecule has 0 aliphatic carbocycles. The fourth-order valence-corrected chi connectivity index (χ4v) is 3.48. The summed E-state index contributed by atoms with van der Waals surface area (Å²) in [7, 11) is 0. The van der Waals surface area contributed by atoms with Crippen LogP contribution in [0.15, 0.2) is 60.8 Å². The topological polar surface area (TPSA) is 172 Å². The summed E-state index contributed by atoms with van der Waals surface area (Å²) in [4.78, 5) is 50.3. The smallest absolute Gasteiger partial charge is 0.412 e. The quantitative estimate of drug-likeness (QED) is 0.364. The molecule has 4 rings (SSSR count). The number of nitrogens with zero attached hydrogens (tertiary/aromatic N) is 3. The molecule has 0 saturated carbocycles. The lowest BCUT2D eigenvalue weighted by atomic mass is 10.1. The van der Waals surface area contributed by atoms with Crippen LogP contribution in [0.25, 0.3) is 0 Å². The maximum atomic E-state index is 12.3. The van der Waals surface area contributed by atoms with Gasteiger partial charge in [0.25, 0.3) is 11.6 Å². The number of nitro groups is 1. The molecule has 1 aliphatic heterocycles. The largest absolute Gasteiger partial charge is 0.480 e. The lowest BCUT2D eigenvalue weighted by Gasteiger charge is -2.19. The third kappa shape index (κ3) is 4.46. The van der Waals surface area contributed by atoms with Gasteiger partial charge in [-0.05, 0) is 29.8 Å². The Balaban J connectivity index is 1.44. The second-order valence-corrected chi connectivity index (χ2v) is 7.25. The van der Waals surface area contributed by atoms with Gasteiger partial charge in [0, 0.05) is 36.2 Å². The van der Waals surface area contributed by atoms with E-state index in [1.165, 1.54) is 48.7 Å². The number of carboxylic acids is 1. The van der Waals surface area contributed by atoms with E-state index in [-0.39, 0.29) is 35.0 Å². The first-order chi connectivity index (χ1) is 16.2. The second-order valence-electron chi connectivity index (χ2n) is 7.25. The van der Waals surface area contributed by atoms with Crippen molar-refractivity contribution in [1.82, 2.24) is 4.98 Å². The van der Waals surface area contributed by atoms with Crippen LogP contribution < -0.4 is 15.0 Å². The van der Waals surface area contributed by atoms with E-state index in [0.29, 0.717) is 11.3 Å². The van der Waals surface area contributed by atoms with Gasteiger partial charge in [0.05, 0.1) is 22.5 Å². The van der Waals surface area contributed by atoms with Gasteiger partial charge in [0.2, 0.25) is 5.88 Å². The zero-order valence-corrected chi connectivity index (χ0v) is 17.2. The Kier molecular flexibility index (Phi) is 5.79. The Bertz CT molecular complexity index is 1290. The number of nitrogens with one attached hydrogen (secondary N) is 1. The Morgan fingerprint density at radius 3 is 2.41 bits per heavy atom. The summed E-state index contributed by atoms with van der Waals surface area (Å²) in [5.41, 5.74) is 1.25. The Morgan fingerprint density at radius 1 is 1.09 bits per heavy atom. The summed E-state index contributed by atoms with van der Waals surface area (Å²) >= 11 is 0. The minimum atomic E-state index is -1.38. The SMILES string of the molecule is O=C(Nc1ccc(Oc2ccc3c(c2)N(C(=O)O)C(C(=O)O)C3)nc1)c1ccc([N+](=O)[O-])cc1. The zero-order valence-electron chi connectivity index (χ0n) is 17.2. The van der Waals surface area contributed by atoms with Crippen LogP contribution in [0.1, 0.15) is 15.9 Å². The molecule has 12 nitrogen and oxygen atoms in total. The second kappa shape index (κ2) is 8.86. The van der Waals surface area contributed by atoms with Crippen LogP contribution in [0.3, 0.4) is 0 Å². The third-order valence-corrected chi connectivity index (χ3v) is 5.09. The van der Waals surface area contributed by atoms with Crippen molar-refractivity contribution in [2.45, 2.75) is 12.5 Å². The van der Waals surface area contributed by atoms with Gasteiger partial charge in [0.1, 0.15) is 11.8 Å². The van der Waals surface area contributed by atoms with Gasteiger partial charge < -0.3 is 20.3 Å². The fraction of sp³-hybridized carbons (Fsp3) is 0.0909. The van der Waals surface area contributed by atoms with Gasteiger partial charge in [-0.3, -0.25) is 19.8 Å². The van der Waals surface area contributed by atoms with Crippen molar-refractivity contribution in [3.05, 3.63) is 82.0 Å². The molecule has 3 N–H and O–H groups in total. The molecule has 34 heavy (non-hydrogen) atoms. The molecule has 1 aliphatic rings. The number of carbonyl (C=O) groups is 3. The molecule has 2 heterocycles. The fourth-order valence-electron chi connectivity index (χ4n) is 3.48. The number of carboxylic acid groups (broad SMARTS) is 2. The maximum Gasteiger partial charge on any atom is 0.412 e. The first kappa shape index (κ1) is 22.2. The number of anilines is 2. The number of amides is 2. The molecule has 0 bridgehead atoms. The van der Waals surface area contributed by atoms with Crippen molar-refractivity contribution in [1.29, 1.82) is 0 Å². The first-order valence-electron chi connectivity index (χ1n) is 9.80. The van der Waals surface area contributed by atoms with Crippen molar-refractivity contribution >= 4 is 35.0 Å². The highest BCUT2D eigenvalue weighted by atomic mass is 16.6. The normalized spacial score (nSPS) is 14.2. The van der Waals surface area contributed by atoms with Gasteiger partial charge >= 0.3 is 12.1 Å². The molecule has 0 fully saturated rings. The van der Waals surface area contributed by atoms with Crippen molar-refractivity contribution in [3.63, 3.8) is 0 Å². The van der Waals surface area contributed by atoms with E-state index < -0.39 is 28.9 Å². The molecule has 0 spiro atoms. The summed E-state index contributed by atoms with van der Waals surface area (Å²) < 4.78 is 5.65. The van der Waals surface area contributed by atoms with Gasteiger partial charge in [-0.15, -0.1) is 0 Å². The molecule has 0 saturated heterocycles. The van der Waals surface area contributed by atoms with Gasteiger partial charge in [-0.25, -0.2) is 14.6 Å². The number of non-ortho nitro benzene ring substituents is 1. The van der Waals surface area contributed by atoms with Crippen molar-refractivity contribution in [2.75, 3.05) is 10.2 Å². The molecule has 1 unspecified atom stereocenters. The molecule has 0 radical (unpaired) electrons. The summed E-state index contributed by atoms with van der Waals surface area (Å²) in [6.45, 7) is 0. The summed E-state index contributed by atoms with van der Waals surface area (Å²) in [6.07, 6.45) is 0.0174. The summed E-state index contributed by atoms with van der Waals surface area (Å²) in [5.74, 6) is -1.31. The lowest BCUT2D eigenvalue weighted by Crippen LogP contribution is -2.42. The monoisotopic (exact) mass is 464 g/mol. The van der Waals surface area contributed by atoms with Crippen LogP contribution in [-0.4, -0.2) is 44.1 Å². The number of carbonyl (C=O) groups excluding carboxylic acids is 1. The molecule has 3 aromatic rings. The van der Waals surface area contributed by atoms with Crippen LogP contribution in [-0.2, 0) is 11.2 Å². The van der Waals surface area contributed by atoms with E-state index in [0.717, 1.165) is 4.90 Å². The van der Waals surface area contributed by atoms with Crippen molar-refractivity contribution in [2.24, 2.45) is 0 Å². The number of hydrogen-bond acceptors (Lipinski definition) is 7. The number of aliphatic carboxylic acids is 1. The van der Waals surface area contributed by atoms with E-state index in [1.807, 2.05) is 0 Å². The number of aromatic nitrogens is 1. The lowest BCUT2D eigenvalue weighted by molar-refractivity contribution is -0.384. The van der Waals surface area contributed by atoms with Crippen molar-refractivity contribution in [3.8, 4) is 11.6 Å². The zero-order chi connectivity index (χ0) is 24.4. The number of ether oxygens (including phenoxy) is 1. The van der Waals surface area contributed by atoms with E-state index in [4.69, 9.17) is 4.74 Å². The van der Waals surface area contributed by atoms with Crippen LogP contribution >= 0.6 is 0 Å². The maximum absolute atomic E-state index is 12.3. The highest BCUT2D eigenvalue weighted by Crippen LogP contribution is 2.36. The molecular formula is C22H16N4O8. The average molecular weight is 464 g/mol. The average Bonchev–Trinajstić information content (AvgIpc) is 3.20. The van der Waals surface area contributed by atoms with Crippen LogP contribution in [0.2, 0.25) is 0 Å². The number of pyridine rings is 1. The standard InChI is InChI=1S/C22H16N4O8/c27-20(12-1-5-15(6-2-12)26(32)33)24-14-4-8-19(23-11-14)34-16-7-3-13-9-18(21(28)29)25(22(30)31)17(13)10-16/h1-8,10-11,18H,9H2,(H,24,27)(H,28,29)(H,30,31). The Labute approximate surface area is 191 Å². The Hall–Kier alpha value is -5.00. The molecule has 1 aromatic heterocycles. The highest BCUT2D eigenvalue weighted by Gasteiger charge is 2.38. The molecule has 1 atom stereocenters. The number of benzene rings is 2. The van der Waals surface area contributed by atoms with Crippen molar-refractivity contribution < 1.29 is 34.3 Å². The van der Waals surface area contributed by atoms with E-state index in [9.17, 15) is 34.7 Å². The molecular weight excluding hydrogens is 448 g/mol. The van der Waals surface area contributed by atoms with Crippen LogP contribution in [0.5, 0.6) is 11.6 Å². The van der Waals surface area contributed by atoms with Crippen LogP contribution in [0.4, 0.5) is 21.9 Å². The number of nitro benzene ring substituents is 1. The van der Waals surface area contributed by atoms with Gasteiger partial charge in [-0.2, -0.15) is 0 Å². The highest BCUT2D eigenvalue weighted by molar-refractivity contribution is 6.04. The third-order valence-electron chi connectivity index (χ3n) is 5.09. The summed E-state index contributed by atoms with van der Waals surface area (Å²) in [5, 5.41) is 32.1. The van der Waals surface area contributed by atoms with Crippen LogP contribution in [0, 0.1) is 10.1 Å². The molecule has 172 valence electrons.